The lowest BCUT2D eigenvalue weighted by Gasteiger charge is -2.40. The summed E-state index contributed by atoms with van der Waals surface area (Å²) in [6.07, 6.45) is 4.90. The number of ether oxygens (including phenoxy) is 2. The zero-order valence-corrected chi connectivity index (χ0v) is 17.7. The summed E-state index contributed by atoms with van der Waals surface area (Å²) in [4.78, 5) is 0. The highest BCUT2D eigenvalue weighted by Crippen LogP contribution is 2.45. The normalized spacial score (nSPS) is 27.3. The van der Waals surface area contributed by atoms with Crippen LogP contribution in [0.4, 0.5) is 13.2 Å². The fourth-order valence-electron chi connectivity index (χ4n) is 3.65. The lowest BCUT2D eigenvalue weighted by atomic mass is 9.68. The Balaban J connectivity index is 2.13. The third kappa shape index (κ3) is 6.44. The maximum absolute atomic E-state index is 12.8. The molecule has 1 fully saturated rings. The van der Waals surface area contributed by atoms with Crippen molar-refractivity contribution < 1.29 is 40.4 Å². The Morgan fingerprint density at radius 2 is 2.10 bits per heavy atom. The summed E-state index contributed by atoms with van der Waals surface area (Å²) in [7, 11) is -5.81. The fraction of sp³-hybridized carbons (Fsp3) is 0.789. The highest BCUT2D eigenvalue weighted by molar-refractivity contribution is 7.87. The SMILES string of the molecule is C/C(=C\[C@H](O)[C@@H]1C(OS(=O)(=O)C(F)(F)F)=CCCC1(C)C)COC1CCCCO1. The Labute approximate surface area is 169 Å². The van der Waals surface area contributed by atoms with Crippen LogP contribution in [0.3, 0.4) is 0 Å². The van der Waals surface area contributed by atoms with Crippen molar-refractivity contribution in [2.24, 2.45) is 11.3 Å². The largest absolute Gasteiger partial charge is 0.534 e. The highest BCUT2D eigenvalue weighted by Gasteiger charge is 2.51. The van der Waals surface area contributed by atoms with Crippen molar-refractivity contribution in [3.8, 4) is 0 Å². The molecule has 29 heavy (non-hydrogen) atoms. The monoisotopic (exact) mass is 442 g/mol. The number of aliphatic hydroxyl groups is 1. The van der Waals surface area contributed by atoms with Gasteiger partial charge in [0.1, 0.15) is 5.76 Å². The summed E-state index contributed by atoms with van der Waals surface area (Å²) in [6.45, 7) is 6.06. The van der Waals surface area contributed by atoms with E-state index in [9.17, 15) is 26.7 Å². The smallest absolute Gasteiger partial charge is 0.388 e. The molecule has 0 aromatic carbocycles. The first-order valence-electron chi connectivity index (χ1n) is 9.63. The maximum Gasteiger partial charge on any atom is 0.534 e. The Hall–Kier alpha value is -1.10. The van der Waals surface area contributed by atoms with E-state index in [1.165, 1.54) is 12.2 Å². The van der Waals surface area contributed by atoms with Gasteiger partial charge in [0.2, 0.25) is 0 Å². The molecule has 0 aromatic heterocycles. The Bertz CT molecular complexity index is 721. The summed E-state index contributed by atoms with van der Waals surface area (Å²) in [5.74, 6) is -1.33. The summed E-state index contributed by atoms with van der Waals surface area (Å²) in [6, 6.07) is 0. The van der Waals surface area contributed by atoms with Gasteiger partial charge in [-0.2, -0.15) is 21.6 Å². The lowest BCUT2D eigenvalue weighted by molar-refractivity contribution is -0.157. The second kappa shape index (κ2) is 9.36. The van der Waals surface area contributed by atoms with Crippen molar-refractivity contribution in [3.05, 3.63) is 23.5 Å². The molecule has 0 bridgehead atoms. The quantitative estimate of drug-likeness (QED) is 0.364. The van der Waals surface area contributed by atoms with E-state index in [0.29, 0.717) is 25.0 Å². The summed E-state index contributed by atoms with van der Waals surface area (Å²) >= 11 is 0. The standard InChI is InChI=1S/C19H29F3O6S/c1-13(12-27-16-8-4-5-10-26-16)11-14(23)17-15(7-6-9-18(17,2)3)28-29(24,25)19(20,21)22/h7,11,14,16-17,23H,4-6,8-10,12H2,1-3H3/b13-11+/t14-,16?,17+/m0/s1. The van der Waals surface area contributed by atoms with Crippen LogP contribution in [0.15, 0.2) is 23.5 Å². The van der Waals surface area contributed by atoms with Crippen LogP contribution in [-0.2, 0) is 23.8 Å². The van der Waals surface area contributed by atoms with Crippen LogP contribution in [0.25, 0.3) is 0 Å². The molecule has 10 heteroatoms. The molecule has 1 aliphatic heterocycles. The van der Waals surface area contributed by atoms with Crippen LogP contribution < -0.4 is 0 Å². The van der Waals surface area contributed by atoms with Gasteiger partial charge in [0, 0.05) is 6.61 Å². The van der Waals surface area contributed by atoms with Gasteiger partial charge in [0.15, 0.2) is 6.29 Å². The van der Waals surface area contributed by atoms with Gasteiger partial charge < -0.3 is 18.8 Å². The van der Waals surface area contributed by atoms with Gasteiger partial charge in [-0.3, -0.25) is 0 Å². The molecule has 1 aliphatic carbocycles. The third-order valence-corrected chi connectivity index (χ3v) is 6.18. The molecule has 3 atom stereocenters. The van der Waals surface area contributed by atoms with Crippen LogP contribution in [0.1, 0.15) is 52.9 Å². The minimum atomic E-state index is -5.81. The van der Waals surface area contributed by atoms with Crippen molar-refractivity contribution >= 4 is 10.1 Å². The average Bonchev–Trinajstić information content (AvgIpc) is 2.58. The second-order valence-electron chi connectivity index (χ2n) is 8.21. The number of allylic oxidation sites excluding steroid dienone is 1. The number of aliphatic hydroxyl groups excluding tert-OH is 1. The van der Waals surface area contributed by atoms with Crippen molar-refractivity contribution in [2.45, 2.75) is 70.8 Å². The molecule has 1 saturated heterocycles. The van der Waals surface area contributed by atoms with Crippen LogP contribution in [0, 0.1) is 11.3 Å². The van der Waals surface area contributed by atoms with Gasteiger partial charge in [-0.1, -0.05) is 19.9 Å². The molecule has 1 unspecified atom stereocenters. The third-order valence-electron chi connectivity index (χ3n) is 5.20. The first-order valence-corrected chi connectivity index (χ1v) is 11.0. The molecule has 0 saturated carbocycles. The van der Waals surface area contributed by atoms with Gasteiger partial charge in [0.25, 0.3) is 0 Å². The van der Waals surface area contributed by atoms with E-state index < -0.39 is 33.1 Å². The van der Waals surface area contributed by atoms with E-state index in [1.807, 2.05) is 0 Å². The van der Waals surface area contributed by atoms with E-state index in [0.717, 1.165) is 19.3 Å². The topological polar surface area (TPSA) is 82.1 Å². The first kappa shape index (κ1) is 24.2. The molecule has 2 rings (SSSR count). The van der Waals surface area contributed by atoms with Crippen LogP contribution in [0.2, 0.25) is 0 Å². The predicted octanol–water partition coefficient (Wildman–Crippen LogP) is 4.02. The Morgan fingerprint density at radius 3 is 2.69 bits per heavy atom. The van der Waals surface area contributed by atoms with Crippen molar-refractivity contribution in [3.63, 3.8) is 0 Å². The second-order valence-corrected chi connectivity index (χ2v) is 9.74. The van der Waals surface area contributed by atoms with Gasteiger partial charge in [-0.05, 0) is 56.1 Å². The van der Waals surface area contributed by atoms with Crippen molar-refractivity contribution in [2.75, 3.05) is 13.2 Å². The molecule has 0 spiro atoms. The van der Waals surface area contributed by atoms with Gasteiger partial charge in [-0.25, -0.2) is 0 Å². The van der Waals surface area contributed by atoms with Gasteiger partial charge in [0.05, 0.1) is 18.6 Å². The van der Waals surface area contributed by atoms with Crippen LogP contribution >= 0.6 is 0 Å². The van der Waals surface area contributed by atoms with E-state index in [-0.39, 0.29) is 18.7 Å². The number of alkyl halides is 3. The molecule has 0 radical (unpaired) electrons. The van der Waals surface area contributed by atoms with Crippen LogP contribution in [0.5, 0.6) is 0 Å². The van der Waals surface area contributed by atoms with Gasteiger partial charge in [-0.15, -0.1) is 0 Å². The summed E-state index contributed by atoms with van der Waals surface area (Å²) < 4.78 is 76.8. The molecule has 1 heterocycles. The molecule has 168 valence electrons. The summed E-state index contributed by atoms with van der Waals surface area (Å²) in [5.41, 5.74) is -5.55. The highest BCUT2D eigenvalue weighted by atomic mass is 32.2. The van der Waals surface area contributed by atoms with E-state index >= 15 is 0 Å². The number of hydrogen-bond donors (Lipinski definition) is 1. The summed E-state index contributed by atoms with van der Waals surface area (Å²) in [5, 5.41) is 10.7. The van der Waals surface area contributed by atoms with E-state index in [1.54, 1.807) is 20.8 Å². The molecule has 0 amide bonds. The fourth-order valence-corrected chi connectivity index (χ4v) is 4.17. The van der Waals surface area contributed by atoms with Crippen molar-refractivity contribution in [1.82, 2.24) is 0 Å². The molecule has 6 nitrogen and oxygen atoms in total. The zero-order chi connectivity index (χ0) is 21.9. The zero-order valence-electron chi connectivity index (χ0n) is 16.9. The minimum Gasteiger partial charge on any atom is -0.388 e. The Morgan fingerprint density at radius 1 is 1.41 bits per heavy atom. The van der Waals surface area contributed by atoms with Crippen LogP contribution in [-0.4, -0.2) is 44.6 Å². The Kier molecular flexibility index (Phi) is 7.80. The molecule has 2 aliphatic rings. The lowest BCUT2D eigenvalue weighted by Crippen LogP contribution is -2.39. The molecular formula is C19H29F3O6S. The van der Waals surface area contributed by atoms with E-state index in [4.69, 9.17) is 9.47 Å². The van der Waals surface area contributed by atoms with E-state index in [2.05, 4.69) is 4.18 Å². The number of hydrogen-bond acceptors (Lipinski definition) is 6. The number of halogens is 3. The maximum atomic E-state index is 12.8. The van der Waals surface area contributed by atoms with Gasteiger partial charge >= 0.3 is 15.6 Å². The molecular weight excluding hydrogens is 413 g/mol. The van der Waals surface area contributed by atoms with Crippen molar-refractivity contribution in [1.29, 1.82) is 0 Å². The molecule has 0 aromatic rings. The minimum absolute atomic E-state index is 0.190. The average molecular weight is 442 g/mol. The molecule has 1 N–H and O–H groups in total. The first-order chi connectivity index (χ1) is 13.3. The number of rotatable bonds is 7. The predicted molar refractivity (Wildman–Crippen MR) is 100.0 cm³/mol.